The van der Waals surface area contributed by atoms with Gasteiger partial charge in [-0.3, -0.25) is 14.0 Å². The van der Waals surface area contributed by atoms with Gasteiger partial charge in [0, 0.05) is 16.6 Å². The molecular weight excluding hydrogens is 458 g/mol. The third-order valence-corrected chi connectivity index (χ3v) is 7.16. The molecule has 0 fully saturated rings. The van der Waals surface area contributed by atoms with Crippen LogP contribution in [0, 0.1) is 6.92 Å². The van der Waals surface area contributed by atoms with Gasteiger partial charge in [-0.25, -0.2) is 4.98 Å². The third-order valence-electron chi connectivity index (χ3n) is 5.69. The van der Waals surface area contributed by atoms with E-state index in [2.05, 4.69) is 10.3 Å². The topological polar surface area (TPSA) is 72.7 Å². The lowest BCUT2D eigenvalue weighted by atomic mass is 10.0. The zero-order chi connectivity index (χ0) is 22.9. The zero-order valence-corrected chi connectivity index (χ0v) is 19.6. The van der Waals surface area contributed by atoms with Crippen LogP contribution >= 0.6 is 22.9 Å². The van der Waals surface area contributed by atoms with Crippen LogP contribution in [0.4, 0.5) is 5.69 Å². The minimum atomic E-state index is -0.321. The Morgan fingerprint density at radius 3 is 2.85 bits per heavy atom. The number of fused-ring (bicyclic) bond motifs is 3. The monoisotopic (exact) mass is 479 g/mol. The summed E-state index contributed by atoms with van der Waals surface area (Å²) in [5, 5.41) is 3.26. The molecule has 168 valence electrons. The Kier molecular flexibility index (Phi) is 5.91. The summed E-state index contributed by atoms with van der Waals surface area (Å²) >= 11 is 7.76. The summed E-state index contributed by atoms with van der Waals surface area (Å²) in [5.41, 5.74) is 3.47. The van der Waals surface area contributed by atoms with E-state index >= 15 is 0 Å². The molecule has 33 heavy (non-hydrogen) atoms. The van der Waals surface area contributed by atoms with Crippen molar-refractivity contribution >= 4 is 39.5 Å². The molecule has 0 unspecified atom stereocenters. The number of ether oxygens (including phenoxy) is 1. The van der Waals surface area contributed by atoms with Crippen LogP contribution < -0.4 is 15.6 Å². The Morgan fingerprint density at radius 1 is 1.18 bits per heavy atom. The summed E-state index contributed by atoms with van der Waals surface area (Å²) in [6.45, 7) is 2.05. The molecule has 0 saturated heterocycles. The van der Waals surface area contributed by atoms with Crippen molar-refractivity contribution in [3.05, 3.63) is 91.3 Å². The third kappa shape index (κ3) is 4.38. The summed E-state index contributed by atoms with van der Waals surface area (Å²) in [5.74, 6) is 0.173. The van der Waals surface area contributed by atoms with Crippen LogP contribution in [0.25, 0.3) is 4.96 Å². The number of hydrogen-bond donors (Lipinski definition) is 1. The average Bonchev–Trinajstić information content (AvgIpc) is 3.17. The highest BCUT2D eigenvalue weighted by Gasteiger charge is 2.19. The molecule has 0 bridgehead atoms. The second-order valence-corrected chi connectivity index (χ2v) is 9.57. The average molecular weight is 480 g/mol. The molecule has 4 aromatic rings. The number of carbonyl (C=O) groups excluding carboxylic acids is 1. The van der Waals surface area contributed by atoms with Gasteiger partial charge in [0.2, 0.25) is 0 Å². The van der Waals surface area contributed by atoms with E-state index < -0.39 is 0 Å². The van der Waals surface area contributed by atoms with Gasteiger partial charge in [-0.2, -0.15) is 0 Å². The van der Waals surface area contributed by atoms with Crippen LogP contribution in [0.3, 0.4) is 0 Å². The predicted octanol–water partition coefficient (Wildman–Crippen LogP) is 5.43. The molecule has 6 nitrogen and oxygen atoms in total. The predicted molar refractivity (Wildman–Crippen MR) is 131 cm³/mol. The standard InChI is InChI=1S/C25H22ClN3O3S/c1-15-10-11-21(19(12-15)28-24(31)17-6-2-3-7-18(17)26)32-14-16-13-23(30)29-20-8-4-5-9-22(20)33-25(29)27-16/h2-3,6-7,10-13H,4-5,8-9,14H2,1H3,(H,28,31). The van der Waals surface area contributed by atoms with Gasteiger partial charge >= 0.3 is 0 Å². The van der Waals surface area contributed by atoms with Gasteiger partial charge in [-0.15, -0.1) is 11.3 Å². The molecule has 0 aliphatic heterocycles. The second-order valence-electron chi connectivity index (χ2n) is 8.10. The molecule has 0 saturated carbocycles. The van der Waals surface area contributed by atoms with Gasteiger partial charge in [0.15, 0.2) is 4.96 Å². The SMILES string of the molecule is Cc1ccc(OCc2cc(=O)n3c4c(sc3n2)CCCC4)c(NC(=O)c2ccccc2Cl)c1. The highest BCUT2D eigenvalue weighted by atomic mass is 35.5. The number of nitrogens with zero attached hydrogens (tertiary/aromatic N) is 2. The van der Waals surface area contributed by atoms with Gasteiger partial charge in [-0.1, -0.05) is 29.8 Å². The van der Waals surface area contributed by atoms with Crippen molar-refractivity contribution in [2.75, 3.05) is 5.32 Å². The molecule has 8 heteroatoms. The quantitative estimate of drug-likeness (QED) is 0.414. The van der Waals surface area contributed by atoms with E-state index in [0.29, 0.717) is 32.7 Å². The minimum absolute atomic E-state index is 0.0749. The van der Waals surface area contributed by atoms with Crippen LogP contribution in [-0.4, -0.2) is 15.3 Å². The van der Waals surface area contributed by atoms with Crippen LogP contribution in [-0.2, 0) is 19.4 Å². The van der Waals surface area contributed by atoms with Crippen LogP contribution in [0.1, 0.15) is 45.0 Å². The first kappa shape index (κ1) is 21.7. The molecule has 1 aliphatic rings. The Labute approximate surface area is 199 Å². The van der Waals surface area contributed by atoms with Gasteiger partial charge in [0.25, 0.3) is 11.5 Å². The molecule has 1 aliphatic carbocycles. The first-order valence-corrected chi connectivity index (χ1v) is 12.0. The van der Waals surface area contributed by atoms with E-state index in [1.165, 1.54) is 10.9 Å². The van der Waals surface area contributed by atoms with Crippen molar-refractivity contribution in [3.63, 3.8) is 0 Å². The number of nitrogens with one attached hydrogen (secondary N) is 1. The first-order valence-electron chi connectivity index (χ1n) is 10.8. The zero-order valence-electron chi connectivity index (χ0n) is 18.1. The Bertz CT molecular complexity index is 1430. The maximum atomic E-state index is 12.8. The van der Waals surface area contributed by atoms with Crippen molar-refractivity contribution in [3.8, 4) is 5.75 Å². The van der Waals surface area contributed by atoms with Crippen LogP contribution in [0.2, 0.25) is 5.02 Å². The Hall–Kier alpha value is -3.16. The number of hydrogen-bond acceptors (Lipinski definition) is 5. The summed E-state index contributed by atoms with van der Waals surface area (Å²) in [7, 11) is 0. The van der Waals surface area contributed by atoms with E-state index in [9.17, 15) is 9.59 Å². The molecule has 0 spiro atoms. The van der Waals surface area contributed by atoms with Gasteiger partial charge in [0.05, 0.1) is 22.0 Å². The van der Waals surface area contributed by atoms with E-state index in [0.717, 1.165) is 36.9 Å². The fourth-order valence-electron chi connectivity index (χ4n) is 4.07. The molecular formula is C25H22ClN3O3S. The lowest BCUT2D eigenvalue weighted by Gasteiger charge is -2.14. The fraction of sp³-hybridized carbons (Fsp3) is 0.240. The van der Waals surface area contributed by atoms with Crippen molar-refractivity contribution in [2.24, 2.45) is 0 Å². The highest BCUT2D eigenvalue weighted by Crippen LogP contribution is 2.30. The van der Waals surface area contributed by atoms with Crippen molar-refractivity contribution < 1.29 is 9.53 Å². The van der Waals surface area contributed by atoms with E-state index in [-0.39, 0.29) is 18.1 Å². The molecule has 1 amide bonds. The lowest BCUT2D eigenvalue weighted by Crippen LogP contribution is -2.18. The maximum absolute atomic E-state index is 12.8. The van der Waals surface area contributed by atoms with Crippen LogP contribution in [0.15, 0.2) is 53.3 Å². The fourth-order valence-corrected chi connectivity index (χ4v) is 5.52. The smallest absolute Gasteiger partial charge is 0.259 e. The number of anilines is 1. The molecule has 2 heterocycles. The number of aromatic nitrogens is 2. The number of rotatable bonds is 5. The lowest BCUT2D eigenvalue weighted by molar-refractivity contribution is 0.102. The van der Waals surface area contributed by atoms with Gasteiger partial charge in [0.1, 0.15) is 12.4 Å². The summed E-state index contributed by atoms with van der Waals surface area (Å²) in [4.78, 5) is 32.2. The molecule has 5 rings (SSSR count). The van der Waals surface area contributed by atoms with Crippen molar-refractivity contribution in [2.45, 2.75) is 39.2 Å². The van der Waals surface area contributed by atoms with Crippen LogP contribution in [0.5, 0.6) is 5.75 Å². The first-order chi connectivity index (χ1) is 16.0. The largest absolute Gasteiger partial charge is 0.485 e. The summed E-state index contributed by atoms with van der Waals surface area (Å²) in [6, 6.07) is 13.9. The number of aryl methyl sites for hydroxylation is 3. The second kappa shape index (κ2) is 9.00. The number of benzene rings is 2. The van der Waals surface area contributed by atoms with E-state index in [1.807, 2.05) is 19.1 Å². The van der Waals surface area contributed by atoms with Gasteiger partial charge in [-0.05, 0) is 62.4 Å². The van der Waals surface area contributed by atoms with E-state index in [4.69, 9.17) is 16.3 Å². The number of halogens is 1. The normalized spacial score (nSPS) is 13.0. The minimum Gasteiger partial charge on any atom is -0.485 e. The molecule has 0 radical (unpaired) electrons. The number of carbonyl (C=O) groups is 1. The van der Waals surface area contributed by atoms with Crippen molar-refractivity contribution in [1.29, 1.82) is 0 Å². The number of thiazole rings is 1. The molecule has 2 aromatic carbocycles. The van der Waals surface area contributed by atoms with Crippen molar-refractivity contribution in [1.82, 2.24) is 9.38 Å². The number of amides is 1. The summed E-state index contributed by atoms with van der Waals surface area (Å²) in [6.07, 6.45) is 4.18. The molecule has 1 N–H and O–H groups in total. The Balaban J connectivity index is 1.39. The summed E-state index contributed by atoms with van der Waals surface area (Å²) < 4.78 is 7.74. The maximum Gasteiger partial charge on any atom is 0.259 e. The highest BCUT2D eigenvalue weighted by molar-refractivity contribution is 7.17. The van der Waals surface area contributed by atoms with E-state index in [1.54, 1.807) is 46.1 Å². The molecule has 2 aromatic heterocycles. The molecule has 0 atom stereocenters. The van der Waals surface area contributed by atoms with Gasteiger partial charge < -0.3 is 10.1 Å². The Morgan fingerprint density at radius 2 is 2.00 bits per heavy atom.